The fourth-order valence-corrected chi connectivity index (χ4v) is 6.71. The first-order valence-corrected chi connectivity index (χ1v) is 15.4. The number of aryl methyl sites for hydroxylation is 1. The molecule has 3 heterocycles. The minimum Gasteiger partial charge on any atom is -0.493 e. The van der Waals surface area contributed by atoms with E-state index in [-0.39, 0.29) is 40.9 Å². The fraction of sp³-hybridized carbons (Fsp3) is 0.469. The van der Waals surface area contributed by atoms with Crippen molar-refractivity contribution in [2.45, 2.75) is 57.3 Å². The molecule has 0 aliphatic carbocycles. The van der Waals surface area contributed by atoms with Gasteiger partial charge in [0.2, 0.25) is 11.8 Å². The van der Waals surface area contributed by atoms with E-state index >= 15 is 0 Å². The number of anilines is 1. The van der Waals surface area contributed by atoms with E-state index in [1.807, 2.05) is 54.1 Å². The number of nitrogens with one attached hydrogen (secondary N) is 1. The number of hydrogen-bond acceptors (Lipinski definition) is 7. The third-order valence-electron chi connectivity index (χ3n) is 7.61. The molecule has 2 unspecified atom stereocenters. The van der Waals surface area contributed by atoms with Crippen LogP contribution in [0.3, 0.4) is 0 Å². The van der Waals surface area contributed by atoms with Crippen molar-refractivity contribution in [3.05, 3.63) is 64.8 Å². The number of carbonyl (C=O) groups excluding carboxylic acids is 2. The number of benzene rings is 2. The first kappa shape index (κ1) is 30.0. The van der Waals surface area contributed by atoms with Gasteiger partial charge in [-0.05, 0) is 55.2 Å². The van der Waals surface area contributed by atoms with E-state index in [2.05, 4.69) is 26.1 Å². The molecular weight excluding hydrogens is 552 g/mol. The van der Waals surface area contributed by atoms with Gasteiger partial charge in [-0.3, -0.25) is 14.5 Å². The van der Waals surface area contributed by atoms with Gasteiger partial charge in [0.1, 0.15) is 12.4 Å². The Morgan fingerprint density at radius 1 is 1.14 bits per heavy atom. The molecule has 5 rings (SSSR count). The van der Waals surface area contributed by atoms with E-state index in [4.69, 9.17) is 19.3 Å². The highest BCUT2D eigenvalue weighted by Gasteiger charge is 2.40. The summed E-state index contributed by atoms with van der Waals surface area (Å²) in [7, 11) is 3.23. The molecule has 1 N–H and O–H groups in total. The smallest absolute Gasteiger partial charge is 0.240 e. The Morgan fingerprint density at radius 3 is 2.60 bits per heavy atom. The molecule has 2 atom stereocenters. The van der Waals surface area contributed by atoms with E-state index in [1.165, 1.54) is 11.8 Å². The number of carbonyl (C=O) groups is 2. The van der Waals surface area contributed by atoms with Gasteiger partial charge >= 0.3 is 0 Å². The maximum Gasteiger partial charge on any atom is 0.240 e. The van der Waals surface area contributed by atoms with Crippen LogP contribution in [-0.2, 0) is 19.7 Å². The van der Waals surface area contributed by atoms with Crippen molar-refractivity contribution < 1.29 is 23.8 Å². The summed E-state index contributed by atoms with van der Waals surface area (Å²) >= 11 is 1.53. The second-order valence-corrected chi connectivity index (χ2v) is 12.9. The van der Waals surface area contributed by atoms with Crippen molar-refractivity contribution in [3.8, 4) is 17.2 Å². The van der Waals surface area contributed by atoms with Crippen LogP contribution < -0.4 is 19.7 Å². The van der Waals surface area contributed by atoms with Crippen LogP contribution in [-0.4, -0.2) is 67.4 Å². The number of ether oxygens (including phenoxy) is 3. The van der Waals surface area contributed by atoms with Crippen LogP contribution in [0.1, 0.15) is 61.2 Å². The van der Waals surface area contributed by atoms with Gasteiger partial charge in [0.25, 0.3) is 0 Å². The minimum absolute atomic E-state index is 0.0136. The number of aromatic nitrogens is 2. The summed E-state index contributed by atoms with van der Waals surface area (Å²) in [6.45, 7) is 9.43. The Morgan fingerprint density at radius 2 is 1.93 bits per heavy atom. The van der Waals surface area contributed by atoms with Crippen molar-refractivity contribution in [2.75, 3.05) is 44.6 Å². The van der Waals surface area contributed by atoms with E-state index in [1.54, 1.807) is 19.1 Å². The predicted molar refractivity (Wildman–Crippen MR) is 165 cm³/mol. The van der Waals surface area contributed by atoms with Gasteiger partial charge in [0.05, 0.1) is 42.7 Å². The summed E-state index contributed by atoms with van der Waals surface area (Å²) < 4.78 is 18.7. The second kappa shape index (κ2) is 12.4. The molecule has 2 aromatic carbocycles. The number of methoxy groups -OCH3 is 2. The maximum atomic E-state index is 13.9. The Bertz CT molecular complexity index is 1460. The van der Waals surface area contributed by atoms with Crippen LogP contribution in [0.25, 0.3) is 5.69 Å². The van der Waals surface area contributed by atoms with Crippen LogP contribution in [0.15, 0.2) is 42.5 Å². The molecule has 1 aromatic heterocycles. The minimum atomic E-state index is -0.352. The van der Waals surface area contributed by atoms with Gasteiger partial charge in [-0.1, -0.05) is 39.0 Å². The van der Waals surface area contributed by atoms with Crippen molar-refractivity contribution >= 4 is 29.4 Å². The summed E-state index contributed by atoms with van der Waals surface area (Å²) in [5.41, 5.74) is 4.30. The molecule has 0 bridgehead atoms. The normalized spacial score (nSPS) is 18.9. The number of rotatable bonds is 8. The molecule has 3 aromatic rings. The van der Waals surface area contributed by atoms with Crippen LogP contribution >= 0.6 is 11.8 Å². The van der Waals surface area contributed by atoms with Gasteiger partial charge in [0.15, 0.2) is 11.5 Å². The molecular formula is C32H40N4O5S. The van der Waals surface area contributed by atoms with Crippen LogP contribution in [0.2, 0.25) is 0 Å². The van der Waals surface area contributed by atoms with E-state index in [0.29, 0.717) is 30.5 Å². The molecule has 1 fully saturated rings. The van der Waals surface area contributed by atoms with Crippen LogP contribution in [0, 0.1) is 6.92 Å². The number of thioether (sulfide) groups is 1. The second-order valence-electron chi connectivity index (χ2n) is 11.8. The highest BCUT2D eigenvalue weighted by Crippen LogP contribution is 2.49. The average molecular weight is 593 g/mol. The molecule has 224 valence electrons. The molecule has 9 nitrogen and oxygen atoms in total. The number of amides is 2. The summed E-state index contributed by atoms with van der Waals surface area (Å²) in [6, 6.07) is 13.9. The quantitative estimate of drug-likeness (QED) is 0.395. The molecule has 1 saturated heterocycles. The highest BCUT2D eigenvalue weighted by atomic mass is 32.2. The van der Waals surface area contributed by atoms with E-state index in [0.717, 1.165) is 40.9 Å². The Hall–Kier alpha value is -3.50. The van der Waals surface area contributed by atoms with Gasteiger partial charge in [0, 0.05) is 24.1 Å². The molecule has 0 spiro atoms. The monoisotopic (exact) mass is 592 g/mol. The van der Waals surface area contributed by atoms with Crippen molar-refractivity contribution in [2.24, 2.45) is 0 Å². The standard InChI is InChI=1S/C32H40N4O5S/c1-20-9-7-10-22(15-20)36-31-28(30(34-36)32(2,3)4)29(21-12-13-24(39-5)25(16-21)40-6)42-19-27(38)35(31)18-26(37)33-17-23-11-8-14-41-23/h7,9-10,12-13,15-16,23,29H,8,11,14,17-19H2,1-6H3,(H,33,37). The first-order valence-electron chi connectivity index (χ1n) is 14.3. The first-order chi connectivity index (χ1) is 20.1. The maximum absolute atomic E-state index is 13.9. The van der Waals surface area contributed by atoms with Gasteiger partial charge in [-0.15, -0.1) is 11.8 Å². The molecule has 2 amide bonds. The van der Waals surface area contributed by atoms with Crippen molar-refractivity contribution in [1.82, 2.24) is 15.1 Å². The number of nitrogens with zero attached hydrogens (tertiary/aromatic N) is 3. The fourth-order valence-electron chi connectivity index (χ4n) is 5.52. The lowest BCUT2D eigenvalue weighted by Gasteiger charge is -2.25. The highest BCUT2D eigenvalue weighted by molar-refractivity contribution is 8.00. The zero-order chi connectivity index (χ0) is 30.0. The van der Waals surface area contributed by atoms with Gasteiger partial charge in [-0.2, -0.15) is 5.10 Å². The third kappa shape index (κ3) is 6.15. The van der Waals surface area contributed by atoms with Crippen molar-refractivity contribution in [3.63, 3.8) is 0 Å². The van der Waals surface area contributed by atoms with E-state index < -0.39 is 0 Å². The van der Waals surface area contributed by atoms with Crippen LogP contribution in [0.5, 0.6) is 11.5 Å². The van der Waals surface area contributed by atoms with E-state index in [9.17, 15) is 9.59 Å². The topological polar surface area (TPSA) is 94.9 Å². The molecule has 2 aliphatic heterocycles. The SMILES string of the molecule is COc1ccc(C2SCC(=O)N(CC(=O)NCC3CCCO3)c3c2c(C(C)(C)C)nn3-c2cccc(C)c2)cc1OC. The van der Waals surface area contributed by atoms with Crippen LogP contribution in [0.4, 0.5) is 5.82 Å². The lowest BCUT2D eigenvalue weighted by atomic mass is 9.87. The summed E-state index contributed by atoms with van der Waals surface area (Å²) in [4.78, 5) is 28.8. The molecule has 0 saturated carbocycles. The average Bonchev–Trinajstić information content (AvgIpc) is 3.60. The zero-order valence-corrected chi connectivity index (χ0v) is 26.0. The van der Waals surface area contributed by atoms with Gasteiger partial charge < -0.3 is 19.5 Å². The molecule has 42 heavy (non-hydrogen) atoms. The predicted octanol–water partition coefficient (Wildman–Crippen LogP) is 4.96. The molecule has 0 radical (unpaired) electrons. The lowest BCUT2D eigenvalue weighted by Crippen LogP contribution is -2.44. The summed E-state index contributed by atoms with van der Waals surface area (Å²) in [6.07, 6.45) is 1.93. The zero-order valence-electron chi connectivity index (χ0n) is 25.2. The lowest BCUT2D eigenvalue weighted by molar-refractivity contribution is -0.123. The Balaban J connectivity index is 1.67. The third-order valence-corrected chi connectivity index (χ3v) is 8.86. The summed E-state index contributed by atoms with van der Waals surface area (Å²) in [5, 5.41) is 7.93. The molecule has 2 aliphatic rings. The molecule has 10 heteroatoms. The largest absolute Gasteiger partial charge is 0.493 e. The Labute approximate surface area is 251 Å². The Kier molecular flexibility index (Phi) is 8.84. The van der Waals surface area contributed by atoms with Crippen molar-refractivity contribution in [1.29, 1.82) is 0 Å². The number of fused-ring (bicyclic) bond motifs is 1. The summed E-state index contributed by atoms with van der Waals surface area (Å²) in [5.74, 6) is 1.69. The van der Waals surface area contributed by atoms with Gasteiger partial charge in [-0.25, -0.2) is 4.68 Å². The number of hydrogen-bond donors (Lipinski definition) is 1.